The zero-order chi connectivity index (χ0) is 21.6. The van der Waals surface area contributed by atoms with Gasteiger partial charge in [-0.25, -0.2) is 0 Å². The van der Waals surface area contributed by atoms with Crippen molar-refractivity contribution >= 4 is 22.2 Å². The van der Waals surface area contributed by atoms with E-state index in [2.05, 4.69) is 30.4 Å². The van der Waals surface area contributed by atoms with Gasteiger partial charge in [-0.3, -0.25) is 4.79 Å². The molecule has 0 spiro atoms. The molecule has 2 N–H and O–H groups in total. The third-order valence-electron chi connectivity index (χ3n) is 5.73. The molecule has 4 rings (SSSR count). The normalized spacial score (nSPS) is 15.4. The van der Waals surface area contributed by atoms with Crippen LogP contribution in [0.5, 0.6) is 5.75 Å². The number of morpholine rings is 1. The number of ether oxygens (including phenoxy) is 2. The maximum Gasteiger partial charge on any atom is 0.256 e. The molecule has 0 saturated carbocycles. The third kappa shape index (κ3) is 4.82. The predicted molar refractivity (Wildman–Crippen MR) is 124 cm³/mol. The second-order valence-corrected chi connectivity index (χ2v) is 8.75. The molecule has 1 amide bonds. The highest BCUT2D eigenvalue weighted by Crippen LogP contribution is 2.38. The molecule has 2 heterocycles. The number of hydrogen-bond donors (Lipinski definition) is 2. The van der Waals surface area contributed by atoms with E-state index < -0.39 is 0 Å². The van der Waals surface area contributed by atoms with Gasteiger partial charge in [0, 0.05) is 16.0 Å². The Kier molecular flexibility index (Phi) is 7.02. The Morgan fingerprint density at radius 3 is 2.52 bits per heavy atom. The first-order valence-electron chi connectivity index (χ1n) is 10.8. The number of rotatable bonds is 7. The largest absolute Gasteiger partial charge is 0.496 e. The Balaban J connectivity index is 1.77. The third-order valence-corrected chi connectivity index (χ3v) is 6.94. The van der Waals surface area contributed by atoms with Gasteiger partial charge in [-0.15, -0.1) is 11.3 Å². The van der Waals surface area contributed by atoms with E-state index in [1.165, 1.54) is 9.78 Å². The summed E-state index contributed by atoms with van der Waals surface area (Å²) in [5.74, 6) is 0.790. The molecular formula is C25H29N2O3S+. The van der Waals surface area contributed by atoms with E-state index in [1.54, 1.807) is 18.4 Å². The number of quaternary nitrogens is 1. The van der Waals surface area contributed by atoms with Crippen molar-refractivity contribution in [2.45, 2.75) is 19.4 Å². The monoisotopic (exact) mass is 437 g/mol. The summed E-state index contributed by atoms with van der Waals surface area (Å²) in [5, 5.41) is 4.12. The smallest absolute Gasteiger partial charge is 0.256 e. The van der Waals surface area contributed by atoms with Crippen LogP contribution in [0.2, 0.25) is 0 Å². The Morgan fingerprint density at radius 1 is 1.10 bits per heavy atom. The Hall–Kier alpha value is -2.67. The van der Waals surface area contributed by atoms with E-state index in [0.29, 0.717) is 5.56 Å². The molecule has 1 aliphatic heterocycles. The number of carbonyl (C=O) groups excluding carboxylic acids is 1. The number of amides is 1. The van der Waals surface area contributed by atoms with Gasteiger partial charge >= 0.3 is 0 Å². The number of aryl methyl sites for hydroxylation is 1. The van der Waals surface area contributed by atoms with Gasteiger partial charge in [0.15, 0.2) is 0 Å². The first-order chi connectivity index (χ1) is 15.2. The molecule has 6 heteroatoms. The number of carbonyl (C=O) groups is 1. The summed E-state index contributed by atoms with van der Waals surface area (Å²) in [4.78, 5) is 15.6. The van der Waals surface area contributed by atoms with Crippen LogP contribution in [-0.2, 0) is 11.2 Å². The fourth-order valence-corrected chi connectivity index (χ4v) is 5.17. The lowest BCUT2D eigenvalue weighted by Crippen LogP contribution is -3.14. The van der Waals surface area contributed by atoms with Crippen molar-refractivity contribution in [2.75, 3.05) is 38.7 Å². The Labute approximate surface area is 187 Å². The molecule has 0 bridgehead atoms. The maximum atomic E-state index is 13.0. The first-order valence-corrected chi connectivity index (χ1v) is 11.6. The number of hydrogen-bond acceptors (Lipinski definition) is 4. The first kappa shape index (κ1) is 21.6. The van der Waals surface area contributed by atoms with Gasteiger partial charge < -0.3 is 19.7 Å². The molecule has 0 radical (unpaired) electrons. The summed E-state index contributed by atoms with van der Waals surface area (Å²) in [6.07, 6.45) is 0.927. The van der Waals surface area contributed by atoms with Crippen LogP contribution in [0.4, 0.5) is 5.00 Å². The van der Waals surface area contributed by atoms with Crippen LogP contribution in [0.3, 0.4) is 0 Å². The zero-order valence-electron chi connectivity index (χ0n) is 18.0. The number of thiophene rings is 1. The number of benzene rings is 2. The van der Waals surface area contributed by atoms with Crippen molar-refractivity contribution < 1.29 is 19.2 Å². The lowest BCUT2D eigenvalue weighted by atomic mass is 9.96. The van der Waals surface area contributed by atoms with Crippen LogP contribution in [0.1, 0.15) is 39.3 Å². The molecule has 0 aliphatic carbocycles. The van der Waals surface area contributed by atoms with Crippen molar-refractivity contribution in [3.05, 3.63) is 82.2 Å². The predicted octanol–water partition coefficient (Wildman–Crippen LogP) is 3.58. The number of nitrogens with one attached hydrogen (secondary N) is 2. The average Bonchev–Trinajstić information content (AvgIpc) is 3.23. The highest BCUT2D eigenvalue weighted by atomic mass is 32.1. The van der Waals surface area contributed by atoms with E-state index in [9.17, 15) is 4.79 Å². The second kappa shape index (κ2) is 10.1. The molecule has 0 unspecified atom stereocenters. The van der Waals surface area contributed by atoms with Gasteiger partial charge in [0.1, 0.15) is 29.9 Å². The molecule has 2 aromatic carbocycles. The molecule has 1 saturated heterocycles. The SMILES string of the molecule is CCc1cc([C@H](c2ccccc2OC)[NH+]2CCOCC2)c(NC(=O)c2ccccc2)s1. The molecule has 3 aromatic rings. The molecule has 1 fully saturated rings. The standard InChI is InChI=1S/C25H28N2O3S/c1-3-19-17-21(25(31-19)26-24(28)18-9-5-4-6-10-18)23(27-13-15-30-16-14-27)20-11-7-8-12-22(20)29-2/h4-12,17,23H,3,13-16H2,1-2H3,(H,26,28)/p+1/t23-/m0/s1. The van der Waals surface area contributed by atoms with Crippen molar-refractivity contribution in [1.29, 1.82) is 0 Å². The van der Waals surface area contributed by atoms with Crippen LogP contribution in [0, 0.1) is 0 Å². The van der Waals surface area contributed by atoms with E-state index in [1.807, 2.05) is 42.5 Å². The Morgan fingerprint density at radius 2 is 1.81 bits per heavy atom. The minimum atomic E-state index is -0.0814. The highest BCUT2D eigenvalue weighted by molar-refractivity contribution is 7.16. The zero-order valence-corrected chi connectivity index (χ0v) is 18.8. The highest BCUT2D eigenvalue weighted by Gasteiger charge is 2.33. The summed E-state index contributed by atoms with van der Waals surface area (Å²) in [5.41, 5.74) is 2.94. The van der Waals surface area contributed by atoms with E-state index in [-0.39, 0.29) is 11.9 Å². The van der Waals surface area contributed by atoms with Crippen molar-refractivity contribution in [3.63, 3.8) is 0 Å². The van der Waals surface area contributed by atoms with E-state index >= 15 is 0 Å². The molecule has 5 nitrogen and oxygen atoms in total. The van der Waals surface area contributed by atoms with E-state index in [4.69, 9.17) is 9.47 Å². The summed E-state index contributed by atoms with van der Waals surface area (Å²) in [6.45, 7) is 5.44. The minimum absolute atomic E-state index is 0.0580. The molecule has 1 aliphatic rings. The summed E-state index contributed by atoms with van der Waals surface area (Å²) in [7, 11) is 1.72. The summed E-state index contributed by atoms with van der Waals surface area (Å²) in [6, 6.07) is 19.9. The fraction of sp³-hybridized carbons (Fsp3) is 0.320. The van der Waals surface area contributed by atoms with Crippen LogP contribution >= 0.6 is 11.3 Å². The quantitative estimate of drug-likeness (QED) is 0.594. The van der Waals surface area contributed by atoms with Crippen molar-refractivity contribution in [2.24, 2.45) is 0 Å². The van der Waals surface area contributed by atoms with Crippen molar-refractivity contribution in [1.82, 2.24) is 0 Å². The van der Waals surface area contributed by atoms with Gasteiger partial charge in [0.25, 0.3) is 5.91 Å². The fourth-order valence-electron chi connectivity index (χ4n) is 4.14. The van der Waals surface area contributed by atoms with Crippen LogP contribution in [0.25, 0.3) is 0 Å². The Bertz CT molecular complexity index is 1010. The van der Waals surface area contributed by atoms with Gasteiger partial charge in [-0.2, -0.15) is 0 Å². The maximum absolute atomic E-state index is 13.0. The van der Waals surface area contributed by atoms with Crippen LogP contribution < -0.4 is 15.0 Å². The number of anilines is 1. The molecule has 31 heavy (non-hydrogen) atoms. The van der Waals surface area contributed by atoms with Gasteiger partial charge in [-0.05, 0) is 36.8 Å². The van der Waals surface area contributed by atoms with Gasteiger partial charge in [0.2, 0.25) is 0 Å². The van der Waals surface area contributed by atoms with Crippen LogP contribution in [-0.4, -0.2) is 39.3 Å². The minimum Gasteiger partial charge on any atom is -0.496 e. The molecular weight excluding hydrogens is 408 g/mol. The second-order valence-electron chi connectivity index (χ2n) is 7.62. The average molecular weight is 438 g/mol. The molecule has 162 valence electrons. The summed E-state index contributed by atoms with van der Waals surface area (Å²) >= 11 is 1.67. The van der Waals surface area contributed by atoms with Gasteiger partial charge in [0.05, 0.1) is 25.9 Å². The lowest BCUT2D eigenvalue weighted by molar-refractivity contribution is -0.933. The molecule has 1 atom stereocenters. The van der Waals surface area contributed by atoms with Crippen molar-refractivity contribution in [3.8, 4) is 5.75 Å². The van der Waals surface area contributed by atoms with E-state index in [0.717, 1.165) is 54.6 Å². The molecule has 1 aromatic heterocycles. The number of para-hydroxylation sites is 1. The lowest BCUT2D eigenvalue weighted by Gasteiger charge is -2.32. The topological polar surface area (TPSA) is 52.0 Å². The van der Waals surface area contributed by atoms with Crippen LogP contribution in [0.15, 0.2) is 60.7 Å². The van der Waals surface area contributed by atoms with Gasteiger partial charge in [-0.1, -0.05) is 37.3 Å². The number of methoxy groups -OCH3 is 1. The summed E-state index contributed by atoms with van der Waals surface area (Å²) < 4.78 is 11.4.